The molecule has 0 saturated carbocycles. The standard InChI is InChI=1S/C21H22ClF3N2O5S.H2S/c1-32-21(6-9-28)4-7-27(8-5-21)33(30,31)14-2-3-16(22)15(12-14)20(29)26-13-10-17(23)19(25)18(24)11-13;/h2-3,10-12,28H,4-9H2,1H3,(H,26,29);1H2. The number of carbonyl (C=O) groups excluding carboxylic acids is 1. The summed E-state index contributed by atoms with van der Waals surface area (Å²) in [5.74, 6) is -5.60. The van der Waals surface area contributed by atoms with Gasteiger partial charge in [0.1, 0.15) is 0 Å². The molecule has 1 saturated heterocycles. The van der Waals surface area contributed by atoms with E-state index in [-0.39, 0.29) is 54.4 Å². The van der Waals surface area contributed by atoms with Crippen LogP contribution in [-0.2, 0) is 14.8 Å². The highest BCUT2D eigenvalue weighted by atomic mass is 35.5. The van der Waals surface area contributed by atoms with Crippen molar-refractivity contribution in [2.24, 2.45) is 0 Å². The van der Waals surface area contributed by atoms with Gasteiger partial charge in [-0.2, -0.15) is 17.8 Å². The highest BCUT2D eigenvalue weighted by Gasteiger charge is 2.38. The molecule has 1 heterocycles. The van der Waals surface area contributed by atoms with E-state index in [9.17, 15) is 31.5 Å². The molecule has 7 nitrogen and oxygen atoms in total. The van der Waals surface area contributed by atoms with Crippen molar-refractivity contribution < 1.29 is 36.2 Å². The van der Waals surface area contributed by atoms with E-state index >= 15 is 0 Å². The Kier molecular flexibility index (Phi) is 9.42. The number of hydrogen-bond acceptors (Lipinski definition) is 5. The average Bonchev–Trinajstić information content (AvgIpc) is 2.78. The molecular weight excluding hydrogens is 517 g/mol. The van der Waals surface area contributed by atoms with Gasteiger partial charge in [-0.1, -0.05) is 11.6 Å². The summed E-state index contributed by atoms with van der Waals surface area (Å²) < 4.78 is 73.0. The SMILES string of the molecule is COC1(CCO)CCN(S(=O)(=O)c2ccc(Cl)c(C(=O)Nc3cc(F)c(F)c(F)c3)c2)CC1.S. The van der Waals surface area contributed by atoms with Gasteiger partial charge in [0.15, 0.2) is 17.5 Å². The fourth-order valence-corrected chi connectivity index (χ4v) is 5.38. The topological polar surface area (TPSA) is 95.9 Å². The third-order valence-corrected chi connectivity index (χ3v) is 7.92. The first-order valence-corrected chi connectivity index (χ1v) is 11.8. The Morgan fingerprint density at radius 3 is 2.29 bits per heavy atom. The zero-order valence-electron chi connectivity index (χ0n) is 18.1. The summed E-state index contributed by atoms with van der Waals surface area (Å²) in [5.41, 5.74) is -1.21. The van der Waals surface area contributed by atoms with Gasteiger partial charge in [0.25, 0.3) is 5.91 Å². The van der Waals surface area contributed by atoms with E-state index in [1.807, 2.05) is 0 Å². The third kappa shape index (κ3) is 5.86. The van der Waals surface area contributed by atoms with Crippen LogP contribution in [0.25, 0.3) is 0 Å². The first-order valence-electron chi connectivity index (χ1n) is 9.94. The molecule has 0 unspecified atom stereocenters. The highest BCUT2D eigenvalue weighted by Crippen LogP contribution is 2.32. The monoisotopic (exact) mass is 540 g/mol. The molecule has 0 atom stereocenters. The Morgan fingerprint density at radius 1 is 1.18 bits per heavy atom. The summed E-state index contributed by atoms with van der Waals surface area (Å²) >= 11 is 6.05. The van der Waals surface area contributed by atoms with Crippen molar-refractivity contribution in [2.75, 3.05) is 32.1 Å². The molecule has 13 heteroatoms. The number of aliphatic hydroxyl groups excluding tert-OH is 1. The van der Waals surface area contributed by atoms with Crippen molar-refractivity contribution in [3.05, 3.63) is 58.4 Å². The largest absolute Gasteiger partial charge is 0.396 e. The van der Waals surface area contributed by atoms with Gasteiger partial charge < -0.3 is 15.2 Å². The fourth-order valence-electron chi connectivity index (χ4n) is 3.71. The molecule has 0 radical (unpaired) electrons. The van der Waals surface area contributed by atoms with Gasteiger partial charge in [-0.25, -0.2) is 21.6 Å². The third-order valence-electron chi connectivity index (χ3n) is 5.70. The van der Waals surface area contributed by atoms with Crippen LogP contribution in [0.1, 0.15) is 29.6 Å². The predicted molar refractivity (Wildman–Crippen MR) is 126 cm³/mol. The van der Waals surface area contributed by atoms with Crippen molar-refractivity contribution >= 4 is 46.7 Å². The number of rotatable bonds is 7. The second-order valence-electron chi connectivity index (χ2n) is 7.61. The lowest BCUT2D eigenvalue weighted by molar-refractivity contribution is -0.0598. The van der Waals surface area contributed by atoms with Crippen LogP contribution in [0.5, 0.6) is 0 Å². The second-order valence-corrected chi connectivity index (χ2v) is 9.96. The minimum Gasteiger partial charge on any atom is -0.396 e. The van der Waals surface area contributed by atoms with Gasteiger partial charge in [-0.05, 0) is 37.5 Å². The summed E-state index contributed by atoms with van der Waals surface area (Å²) in [6.07, 6.45) is 1.14. The summed E-state index contributed by atoms with van der Waals surface area (Å²) in [7, 11) is -2.48. The highest BCUT2D eigenvalue weighted by molar-refractivity contribution is 7.89. The molecule has 188 valence electrons. The summed E-state index contributed by atoms with van der Waals surface area (Å²) in [4.78, 5) is 12.4. The number of halogens is 4. The van der Waals surface area contributed by atoms with E-state index in [1.54, 1.807) is 0 Å². The van der Waals surface area contributed by atoms with Gasteiger partial charge in [-0.15, -0.1) is 0 Å². The molecule has 2 aromatic carbocycles. The minimum atomic E-state index is -3.99. The second kappa shape index (κ2) is 11.3. The molecule has 2 N–H and O–H groups in total. The zero-order chi connectivity index (χ0) is 24.4. The average molecular weight is 541 g/mol. The molecule has 0 spiro atoms. The number of aliphatic hydroxyl groups is 1. The van der Waals surface area contributed by atoms with E-state index in [0.717, 1.165) is 6.07 Å². The van der Waals surface area contributed by atoms with Gasteiger partial charge in [0, 0.05) is 44.6 Å². The molecular formula is C21H24ClF3N2O5S2. The molecule has 1 aliphatic rings. The number of nitrogens with zero attached hydrogens (tertiary/aromatic N) is 1. The van der Waals surface area contributed by atoms with Crippen LogP contribution in [0.15, 0.2) is 35.2 Å². The number of benzene rings is 2. The number of anilines is 1. The quantitative estimate of drug-likeness (QED) is 0.522. The number of methoxy groups -OCH3 is 1. The van der Waals surface area contributed by atoms with Crippen molar-refractivity contribution in [2.45, 2.75) is 29.8 Å². The molecule has 0 aliphatic carbocycles. The Hall–Kier alpha value is -1.83. The molecule has 0 bridgehead atoms. The summed E-state index contributed by atoms with van der Waals surface area (Å²) in [5, 5.41) is 11.3. The maximum absolute atomic E-state index is 13.4. The molecule has 1 amide bonds. The first-order chi connectivity index (χ1) is 15.5. The van der Waals surface area contributed by atoms with E-state index < -0.39 is 39.0 Å². The number of sulfonamides is 1. The summed E-state index contributed by atoms with van der Waals surface area (Å²) in [6.45, 7) is 0.209. The van der Waals surface area contributed by atoms with Gasteiger partial charge in [-0.3, -0.25) is 4.79 Å². The molecule has 1 aliphatic heterocycles. The van der Waals surface area contributed by atoms with Gasteiger partial charge in [0.05, 0.1) is 21.1 Å². The normalized spacial score (nSPS) is 16.1. The summed E-state index contributed by atoms with van der Waals surface area (Å²) in [6, 6.07) is 4.72. The number of carbonyl (C=O) groups is 1. The van der Waals surface area contributed by atoms with E-state index in [0.29, 0.717) is 31.4 Å². The van der Waals surface area contributed by atoms with Gasteiger partial charge in [0.2, 0.25) is 10.0 Å². The first kappa shape index (κ1) is 28.4. The predicted octanol–water partition coefficient (Wildman–Crippen LogP) is 3.67. The lowest BCUT2D eigenvalue weighted by Gasteiger charge is -2.40. The molecule has 34 heavy (non-hydrogen) atoms. The van der Waals surface area contributed by atoms with Crippen LogP contribution in [-0.4, -0.2) is 56.1 Å². The zero-order valence-corrected chi connectivity index (χ0v) is 20.6. The van der Waals surface area contributed by atoms with Crippen molar-refractivity contribution in [1.82, 2.24) is 4.31 Å². The molecule has 1 fully saturated rings. The Balaban J connectivity index is 0.00000408. The van der Waals surface area contributed by atoms with Crippen LogP contribution >= 0.6 is 25.1 Å². The lowest BCUT2D eigenvalue weighted by Crippen LogP contribution is -2.48. The van der Waals surface area contributed by atoms with Gasteiger partial charge >= 0.3 is 0 Å². The maximum Gasteiger partial charge on any atom is 0.257 e. The van der Waals surface area contributed by atoms with E-state index in [1.165, 1.54) is 23.5 Å². The lowest BCUT2D eigenvalue weighted by atomic mass is 9.89. The Bertz CT molecular complexity index is 1140. The number of nitrogens with one attached hydrogen (secondary N) is 1. The number of hydrogen-bond donors (Lipinski definition) is 2. The van der Waals surface area contributed by atoms with Crippen LogP contribution in [0.3, 0.4) is 0 Å². The maximum atomic E-state index is 13.4. The smallest absolute Gasteiger partial charge is 0.257 e. The molecule has 2 aromatic rings. The number of amides is 1. The van der Waals surface area contributed by atoms with Crippen LogP contribution in [0.4, 0.5) is 18.9 Å². The molecule has 3 rings (SSSR count). The minimum absolute atomic E-state index is 0. The Labute approximate surface area is 207 Å². The van der Waals surface area contributed by atoms with Crippen LogP contribution in [0.2, 0.25) is 5.02 Å². The van der Waals surface area contributed by atoms with Crippen molar-refractivity contribution in [3.63, 3.8) is 0 Å². The molecule has 0 aromatic heterocycles. The fraction of sp³-hybridized carbons (Fsp3) is 0.381. The van der Waals surface area contributed by atoms with Crippen LogP contribution in [0, 0.1) is 17.5 Å². The van der Waals surface area contributed by atoms with E-state index in [4.69, 9.17) is 16.3 Å². The number of ether oxygens (including phenoxy) is 1. The Morgan fingerprint density at radius 2 is 1.76 bits per heavy atom. The van der Waals surface area contributed by atoms with Crippen LogP contribution < -0.4 is 5.32 Å². The van der Waals surface area contributed by atoms with Crippen molar-refractivity contribution in [3.8, 4) is 0 Å². The number of piperidine rings is 1. The van der Waals surface area contributed by atoms with E-state index in [2.05, 4.69) is 5.32 Å². The van der Waals surface area contributed by atoms with Crippen molar-refractivity contribution in [1.29, 1.82) is 0 Å².